The van der Waals surface area contributed by atoms with Crippen molar-refractivity contribution in [3.8, 4) is 0 Å². The molecule has 0 aromatic carbocycles. The zero-order valence-electron chi connectivity index (χ0n) is 13.4. The number of aromatic nitrogens is 2. The van der Waals surface area contributed by atoms with Crippen LogP contribution in [0, 0.1) is 5.92 Å². The van der Waals surface area contributed by atoms with Gasteiger partial charge in [-0.05, 0) is 32.7 Å². The minimum absolute atomic E-state index is 0.387. The van der Waals surface area contributed by atoms with E-state index in [1.54, 1.807) is 0 Å². The van der Waals surface area contributed by atoms with E-state index in [9.17, 15) is 0 Å². The third kappa shape index (κ3) is 3.23. The predicted octanol–water partition coefficient (Wildman–Crippen LogP) is 2.71. The summed E-state index contributed by atoms with van der Waals surface area (Å²) in [5, 5.41) is 8.43. The Morgan fingerprint density at radius 2 is 2.15 bits per heavy atom. The summed E-state index contributed by atoms with van der Waals surface area (Å²) in [6.07, 6.45) is 3.22. The van der Waals surface area contributed by atoms with Crippen molar-refractivity contribution in [2.24, 2.45) is 5.92 Å². The van der Waals surface area contributed by atoms with Gasteiger partial charge in [0.1, 0.15) is 0 Å². The van der Waals surface area contributed by atoms with Gasteiger partial charge in [0.05, 0.1) is 12.3 Å². The van der Waals surface area contributed by atoms with Crippen molar-refractivity contribution >= 4 is 0 Å². The Kier molecular flexibility index (Phi) is 5.61. The second-order valence-electron chi connectivity index (χ2n) is 5.71. The van der Waals surface area contributed by atoms with Gasteiger partial charge in [0.15, 0.2) is 0 Å². The van der Waals surface area contributed by atoms with Crippen LogP contribution < -0.4 is 5.32 Å². The van der Waals surface area contributed by atoms with Gasteiger partial charge in [-0.25, -0.2) is 0 Å². The van der Waals surface area contributed by atoms with E-state index in [-0.39, 0.29) is 0 Å². The molecule has 2 heterocycles. The van der Waals surface area contributed by atoms with E-state index >= 15 is 0 Å². The molecule has 0 amide bonds. The first-order valence-corrected chi connectivity index (χ1v) is 8.10. The lowest BCUT2D eigenvalue weighted by molar-refractivity contribution is 0.181. The number of rotatable bonds is 7. The second-order valence-corrected chi connectivity index (χ2v) is 5.71. The van der Waals surface area contributed by atoms with Crippen LogP contribution in [0.3, 0.4) is 0 Å². The lowest BCUT2D eigenvalue weighted by Gasteiger charge is -2.16. The number of ether oxygens (including phenoxy) is 1. The average molecular weight is 279 g/mol. The van der Waals surface area contributed by atoms with Crippen molar-refractivity contribution in [1.82, 2.24) is 15.1 Å². The van der Waals surface area contributed by atoms with Crippen molar-refractivity contribution in [2.75, 3.05) is 19.8 Å². The van der Waals surface area contributed by atoms with Crippen LogP contribution in [0.5, 0.6) is 0 Å². The fourth-order valence-electron chi connectivity index (χ4n) is 3.23. The summed E-state index contributed by atoms with van der Waals surface area (Å²) in [5.74, 6) is 0.632. The van der Waals surface area contributed by atoms with Crippen molar-refractivity contribution in [3.05, 3.63) is 17.0 Å². The number of nitrogens with one attached hydrogen (secondary N) is 1. The van der Waals surface area contributed by atoms with E-state index in [0.717, 1.165) is 39.1 Å². The highest BCUT2D eigenvalue weighted by atomic mass is 16.5. The van der Waals surface area contributed by atoms with Crippen molar-refractivity contribution in [1.29, 1.82) is 0 Å². The lowest BCUT2D eigenvalue weighted by Crippen LogP contribution is -2.20. The van der Waals surface area contributed by atoms with Gasteiger partial charge in [-0.3, -0.25) is 4.68 Å². The normalized spacial score (nSPS) is 20.5. The average Bonchev–Trinajstić information content (AvgIpc) is 3.06. The van der Waals surface area contributed by atoms with E-state index in [1.165, 1.54) is 23.4 Å². The summed E-state index contributed by atoms with van der Waals surface area (Å²) < 4.78 is 7.75. The Morgan fingerprint density at radius 1 is 1.35 bits per heavy atom. The molecule has 0 aliphatic carbocycles. The minimum Gasteiger partial charge on any atom is -0.381 e. The zero-order chi connectivity index (χ0) is 14.5. The van der Waals surface area contributed by atoms with Crippen LogP contribution in [0.2, 0.25) is 0 Å². The molecule has 0 bridgehead atoms. The molecule has 4 heteroatoms. The third-order valence-corrected chi connectivity index (χ3v) is 4.24. The van der Waals surface area contributed by atoms with E-state index in [4.69, 9.17) is 9.84 Å². The van der Waals surface area contributed by atoms with Crippen LogP contribution in [0.1, 0.15) is 57.1 Å². The molecule has 0 radical (unpaired) electrons. The molecule has 114 valence electrons. The molecule has 2 unspecified atom stereocenters. The SMILES string of the molecule is CCNC(C)c1c(CC)nn(CC2CCOC2)c1CC. The summed E-state index contributed by atoms with van der Waals surface area (Å²) in [4.78, 5) is 0. The molecule has 4 nitrogen and oxygen atoms in total. The third-order valence-electron chi connectivity index (χ3n) is 4.24. The quantitative estimate of drug-likeness (QED) is 0.834. The fraction of sp³-hybridized carbons (Fsp3) is 0.812. The summed E-state index contributed by atoms with van der Waals surface area (Å²) in [6, 6.07) is 0.387. The molecule has 20 heavy (non-hydrogen) atoms. The molecule has 0 spiro atoms. The number of aryl methyl sites for hydroxylation is 1. The van der Waals surface area contributed by atoms with Crippen LogP contribution in [0.25, 0.3) is 0 Å². The Morgan fingerprint density at radius 3 is 2.70 bits per heavy atom. The van der Waals surface area contributed by atoms with Gasteiger partial charge >= 0.3 is 0 Å². The van der Waals surface area contributed by atoms with Crippen molar-refractivity contribution in [2.45, 2.75) is 59.5 Å². The van der Waals surface area contributed by atoms with Crippen LogP contribution in [-0.4, -0.2) is 29.5 Å². The highest BCUT2D eigenvalue weighted by Gasteiger charge is 2.23. The van der Waals surface area contributed by atoms with Gasteiger partial charge in [-0.15, -0.1) is 0 Å². The molecule has 1 aromatic rings. The van der Waals surface area contributed by atoms with Crippen LogP contribution >= 0.6 is 0 Å². The maximum absolute atomic E-state index is 5.50. The maximum Gasteiger partial charge on any atom is 0.0672 e. The van der Waals surface area contributed by atoms with E-state index < -0.39 is 0 Å². The van der Waals surface area contributed by atoms with Crippen LogP contribution in [0.15, 0.2) is 0 Å². The Hall–Kier alpha value is -0.870. The maximum atomic E-state index is 5.50. The topological polar surface area (TPSA) is 39.1 Å². The molecule has 1 saturated heterocycles. The van der Waals surface area contributed by atoms with Gasteiger partial charge in [0.25, 0.3) is 0 Å². The number of nitrogens with zero attached hydrogens (tertiary/aromatic N) is 2. The fourth-order valence-corrected chi connectivity index (χ4v) is 3.23. The first-order chi connectivity index (χ1) is 9.71. The standard InChI is InChI=1S/C16H29N3O/c1-5-14-16(12(4)17-7-3)15(6-2)19(18-14)10-13-8-9-20-11-13/h12-13,17H,5-11H2,1-4H3. The van der Waals surface area contributed by atoms with Crippen LogP contribution in [-0.2, 0) is 24.1 Å². The molecule has 1 aromatic heterocycles. The van der Waals surface area contributed by atoms with Gasteiger partial charge in [0, 0.05) is 36.4 Å². The van der Waals surface area contributed by atoms with E-state index in [0.29, 0.717) is 12.0 Å². The van der Waals surface area contributed by atoms with Gasteiger partial charge < -0.3 is 10.1 Å². The van der Waals surface area contributed by atoms with Gasteiger partial charge in [0.2, 0.25) is 0 Å². The highest BCUT2D eigenvalue weighted by molar-refractivity contribution is 5.30. The van der Waals surface area contributed by atoms with E-state index in [1.807, 2.05) is 0 Å². The van der Waals surface area contributed by atoms with E-state index in [2.05, 4.69) is 37.7 Å². The predicted molar refractivity (Wildman–Crippen MR) is 82.0 cm³/mol. The second kappa shape index (κ2) is 7.23. The number of hydrogen-bond donors (Lipinski definition) is 1. The smallest absolute Gasteiger partial charge is 0.0672 e. The zero-order valence-corrected chi connectivity index (χ0v) is 13.4. The summed E-state index contributed by atoms with van der Waals surface area (Å²) in [6.45, 7) is 12.7. The van der Waals surface area contributed by atoms with Crippen molar-refractivity contribution in [3.63, 3.8) is 0 Å². The molecule has 1 aliphatic rings. The van der Waals surface area contributed by atoms with Crippen LogP contribution in [0.4, 0.5) is 0 Å². The van der Waals surface area contributed by atoms with Gasteiger partial charge in [-0.1, -0.05) is 20.8 Å². The first kappa shape index (κ1) is 15.5. The molecule has 2 atom stereocenters. The molecule has 1 N–H and O–H groups in total. The Labute approximate surface area is 122 Å². The molecule has 1 aliphatic heterocycles. The molecular formula is C16H29N3O. The summed E-state index contributed by atoms with van der Waals surface area (Å²) >= 11 is 0. The van der Waals surface area contributed by atoms with Gasteiger partial charge in [-0.2, -0.15) is 5.10 Å². The Bertz CT molecular complexity index is 422. The largest absolute Gasteiger partial charge is 0.381 e. The molecular weight excluding hydrogens is 250 g/mol. The Balaban J connectivity index is 2.26. The minimum atomic E-state index is 0.387. The molecule has 1 fully saturated rings. The molecule has 2 rings (SSSR count). The number of hydrogen-bond acceptors (Lipinski definition) is 3. The summed E-state index contributed by atoms with van der Waals surface area (Å²) in [7, 11) is 0. The highest BCUT2D eigenvalue weighted by Crippen LogP contribution is 2.25. The molecule has 0 saturated carbocycles. The first-order valence-electron chi connectivity index (χ1n) is 8.10. The van der Waals surface area contributed by atoms with Crippen molar-refractivity contribution < 1.29 is 4.74 Å². The monoisotopic (exact) mass is 279 g/mol. The lowest BCUT2D eigenvalue weighted by atomic mass is 10.0. The summed E-state index contributed by atoms with van der Waals surface area (Å²) in [5.41, 5.74) is 4.09.